The van der Waals surface area contributed by atoms with Crippen LogP contribution >= 0.6 is 0 Å². The molecule has 1 heterocycles. The second-order valence-corrected chi connectivity index (χ2v) is 6.43. The van der Waals surface area contributed by atoms with Gasteiger partial charge >= 0.3 is 12.1 Å². The van der Waals surface area contributed by atoms with Gasteiger partial charge in [0.1, 0.15) is 5.60 Å². The molecular weight excluding hydrogens is 246 g/mol. The number of carboxylic acid groups (broad SMARTS) is 1. The Morgan fingerprint density at radius 3 is 2.37 bits per heavy atom. The summed E-state index contributed by atoms with van der Waals surface area (Å²) in [5.74, 6) is -0.989. The molecule has 0 aromatic rings. The molecule has 1 fully saturated rings. The van der Waals surface area contributed by atoms with Crippen LogP contribution in [0.3, 0.4) is 0 Å². The standard InChI is InChI=1S/C14H25NO4/c1-9-8-11(10(2)12(16)17)6-7-15(9)13(18)19-14(3,4)5/h9-11H,6-8H2,1-5H3,(H,16,17)/t9-,10-,11+/m0/s1. The second kappa shape index (κ2) is 5.80. The molecule has 0 aliphatic carbocycles. The maximum absolute atomic E-state index is 12.0. The third-order valence-electron chi connectivity index (χ3n) is 3.64. The van der Waals surface area contributed by atoms with E-state index in [1.54, 1.807) is 11.8 Å². The Hall–Kier alpha value is -1.26. The number of rotatable bonds is 2. The van der Waals surface area contributed by atoms with Gasteiger partial charge in [-0.2, -0.15) is 0 Å². The van der Waals surface area contributed by atoms with Crippen LogP contribution in [0, 0.1) is 11.8 Å². The van der Waals surface area contributed by atoms with E-state index in [4.69, 9.17) is 9.84 Å². The fourth-order valence-corrected chi connectivity index (χ4v) is 2.46. The first-order valence-corrected chi connectivity index (χ1v) is 6.84. The summed E-state index contributed by atoms with van der Waals surface area (Å²) < 4.78 is 5.36. The summed E-state index contributed by atoms with van der Waals surface area (Å²) in [7, 11) is 0. The number of amides is 1. The molecule has 0 bridgehead atoms. The number of piperidine rings is 1. The van der Waals surface area contributed by atoms with Gasteiger partial charge in [0.2, 0.25) is 0 Å². The summed E-state index contributed by atoms with van der Waals surface area (Å²) in [4.78, 5) is 24.7. The zero-order valence-electron chi connectivity index (χ0n) is 12.5. The van der Waals surface area contributed by atoms with Gasteiger partial charge < -0.3 is 14.7 Å². The maximum Gasteiger partial charge on any atom is 0.410 e. The van der Waals surface area contributed by atoms with Gasteiger partial charge in [-0.1, -0.05) is 6.92 Å². The van der Waals surface area contributed by atoms with E-state index < -0.39 is 11.6 Å². The van der Waals surface area contributed by atoms with Gasteiger partial charge in [-0.15, -0.1) is 0 Å². The van der Waals surface area contributed by atoms with E-state index in [2.05, 4.69) is 0 Å². The molecule has 1 aliphatic heterocycles. The van der Waals surface area contributed by atoms with Crippen molar-refractivity contribution in [3.63, 3.8) is 0 Å². The molecule has 3 atom stereocenters. The first-order valence-electron chi connectivity index (χ1n) is 6.84. The summed E-state index contributed by atoms with van der Waals surface area (Å²) in [6.07, 6.45) is 1.13. The fourth-order valence-electron chi connectivity index (χ4n) is 2.46. The Balaban J connectivity index is 2.60. The van der Waals surface area contributed by atoms with Crippen LogP contribution in [0.2, 0.25) is 0 Å². The van der Waals surface area contributed by atoms with Crippen LogP contribution in [-0.2, 0) is 9.53 Å². The summed E-state index contributed by atoms with van der Waals surface area (Å²) in [6, 6.07) is 0.0235. The van der Waals surface area contributed by atoms with Gasteiger partial charge in [-0.05, 0) is 46.5 Å². The van der Waals surface area contributed by atoms with Crippen molar-refractivity contribution >= 4 is 12.1 Å². The molecular formula is C14H25NO4. The number of carbonyl (C=O) groups is 2. The van der Waals surface area contributed by atoms with Crippen LogP contribution < -0.4 is 0 Å². The molecule has 5 nitrogen and oxygen atoms in total. The highest BCUT2D eigenvalue weighted by Crippen LogP contribution is 2.29. The molecule has 1 rings (SSSR count). The molecule has 0 radical (unpaired) electrons. The van der Waals surface area contributed by atoms with E-state index in [0.717, 1.165) is 6.42 Å². The number of aliphatic carboxylic acids is 1. The minimum atomic E-state index is -0.761. The fraction of sp³-hybridized carbons (Fsp3) is 0.857. The molecule has 1 saturated heterocycles. The number of nitrogens with zero attached hydrogens (tertiary/aromatic N) is 1. The first kappa shape index (κ1) is 15.8. The predicted octanol–water partition coefficient (Wildman–Crippen LogP) is 2.74. The zero-order chi connectivity index (χ0) is 14.8. The lowest BCUT2D eigenvalue weighted by atomic mass is 9.82. The lowest BCUT2D eigenvalue weighted by Crippen LogP contribution is -2.48. The van der Waals surface area contributed by atoms with E-state index in [1.807, 2.05) is 27.7 Å². The summed E-state index contributed by atoms with van der Waals surface area (Å²) in [5.41, 5.74) is -0.498. The number of ether oxygens (including phenoxy) is 1. The molecule has 110 valence electrons. The van der Waals surface area contributed by atoms with Gasteiger partial charge in [0.05, 0.1) is 5.92 Å². The Kier molecular flexibility index (Phi) is 4.82. The van der Waals surface area contributed by atoms with Crippen molar-refractivity contribution < 1.29 is 19.4 Å². The van der Waals surface area contributed by atoms with Crippen LogP contribution in [0.1, 0.15) is 47.5 Å². The molecule has 0 unspecified atom stereocenters. The van der Waals surface area contributed by atoms with Gasteiger partial charge in [0.25, 0.3) is 0 Å². The maximum atomic E-state index is 12.0. The van der Waals surface area contributed by atoms with Crippen LogP contribution in [-0.4, -0.2) is 40.3 Å². The molecule has 0 aromatic carbocycles. The first-order chi connectivity index (χ1) is 8.61. The van der Waals surface area contributed by atoms with Crippen molar-refractivity contribution in [2.24, 2.45) is 11.8 Å². The van der Waals surface area contributed by atoms with E-state index in [0.29, 0.717) is 13.0 Å². The molecule has 5 heteroatoms. The van der Waals surface area contributed by atoms with Crippen LogP contribution in [0.25, 0.3) is 0 Å². The summed E-state index contributed by atoms with van der Waals surface area (Å²) >= 11 is 0. The van der Waals surface area contributed by atoms with Crippen LogP contribution in [0.4, 0.5) is 4.79 Å². The van der Waals surface area contributed by atoms with Gasteiger partial charge in [-0.25, -0.2) is 4.79 Å². The Bertz CT molecular complexity index is 348. The molecule has 0 saturated carbocycles. The van der Waals surface area contributed by atoms with Crippen molar-refractivity contribution in [3.8, 4) is 0 Å². The monoisotopic (exact) mass is 271 g/mol. The van der Waals surface area contributed by atoms with Crippen molar-refractivity contribution in [2.75, 3.05) is 6.54 Å². The lowest BCUT2D eigenvalue weighted by Gasteiger charge is -2.39. The number of likely N-dealkylation sites (tertiary alicyclic amines) is 1. The molecule has 0 aromatic heterocycles. The number of carboxylic acids is 1. The SMILES string of the molecule is C[C@H](C(=O)O)[C@@H]1CCN(C(=O)OC(C)(C)C)[C@@H](C)C1. The lowest BCUT2D eigenvalue weighted by molar-refractivity contribution is -0.143. The average Bonchev–Trinajstić information content (AvgIpc) is 2.25. The number of carbonyl (C=O) groups excluding carboxylic acids is 1. The smallest absolute Gasteiger partial charge is 0.410 e. The van der Waals surface area contributed by atoms with E-state index in [9.17, 15) is 9.59 Å². The van der Waals surface area contributed by atoms with E-state index in [-0.39, 0.29) is 24.0 Å². The van der Waals surface area contributed by atoms with Crippen LogP contribution in [0.15, 0.2) is 0 Å². The molecule has 0 spiro atoms. The van der Waals surface area contributed by atoms with E-state index >= 15 is 0 Å². The zero-order valence-corrected chi connectivity index (χ0v) is 12.5. The number of hydrogen-bond donors (Lipinski definition) is 1. The van der Waals surface area contributed by atoms with Crippen molar-refractivity contribution in [2.45, 2.75) is 59.1 Å². The minimum absolute atomic E-state index is 0.0235. The summed E-state index contributed by atoms with van der Waals surface area (Å²) in [5, 5.41) is 9.04. The largest absolute Gasteiger partial charge is 0.481 e. The third-order valence-corrected chi connectivity index (χ3v) is 3.64. The molecule has 19 heavy (non-hydrogen) atoms. The van der Waals surface area contributed by atoms with Crippen molar-refractivity contribution in [1.29, 1.82) is 0 Å². The summed E-state index contributed by atoms with van der Waals surface area (Å²) in [6.45, 7) is 9.78. The Labute approximate surface area is 114 Å². The van der Waals surface area contributed by atoms with E-state index in [1.165, 1.54) is 0 Å². The highest BCUT2D eigenvalue weighted by atomic mass is 16.6. The molecule has 1 N–H and O–H groups in total. The normalized spacial score (nSPS) is 25.8. The Morgan fingerprint density at radius 1 is 1.37 bits per heavy atom. The van der Waals surface area contributed by atoms with Crippen molar-refractivity contribution in [3.05, 3.63) is 0 Å². The topological polar surface area (TPSA) is 66.8 Å². The molecule has 1 amide bonds. The Morgan fingerprint density at radius 2 is 1.95 bits per heavy atom. The van der Waals surface area contributed by atoms with Crippen LogP contribution in [0.5, 0.6) is 0 Å². The minimum Gasteiger partial charge on any atom is -0.481 e. The second-order valence-electron chi connectivity index (χ2n) is 6.43. The molecule has 1 aliphatic rings. The quantitative estimate of drug-likeness (QED) is 0.838. The van der Waals surface area contributed by atoms with Gasteiger partial charge in [-0.3, -0.25) is 4.79 Å². The van der Waals surface area contributed by atoms with Crippen molar-refractivity contribution in [1.82, 2.24) is 4.90 Å². The third kappa shape index (κ3) is 4.40. The predicted molar refractivity (Wildman–Crippen MR) is 71.9 cm³/mol. The average molecular weight is 271 g/mol. The van der Waals surface area contributed by atoms with Gasteiger partial charge in [0, 0.05) is 12.6 Å². The highest BCUT2D eigenvalue weighted by molar-refractivity contribution is 5.70. The number of hydrogen-bond acceptors (Lipinski definition) is 3. The highest BCUT2D eigenvalue weighted by Gasteiger charge is 2.35. The van der Waals surface area contributed by atoms with Gasteiger partial charge in [0.15, 0.2) is 0 Å².